The summed E-state index contributed by atoms with van der Waals surface area (Å²) in [6.45, 7) is 3.28. The molecule has 1 amide bonds. The fourth-order valence-electron chi connectivity index (χ4n) is 3.14. The molecule has 0 fully saturated rings. The van der Waals surface area contributed by atoms with E-state index < -0.39 is 0 Å². The molecule has 0 unspecified atom stereocenters. The van der Waals surface area contributed by atoms with Crippen LogP contribution in [0.3, 0.4) is 0 Å². The average molecular weight is 472 g/mol. The smallest absolute Gasteiger partial charge is 0.254 e. The number of methoxy groups -OCH3 is 1. The summed E-state index contributed by atoms with van der Waals surface area (Å²) in [7, 11) is 1.61. The molecule has 0 aliphatic heterocycles. The van der Waals surface area contributed by atoms with Crippen molar-refractivity contribution >= 4 is 32.7 Å². The molecule has 1 aromatic carbocycles. The number of hydrogen-bond acceptors (Lipinski definition) is 5. The van der Waals surface area contributed by atoms with E-state index in [1.807, 2.05) is 24.3 Å². The lowest BCUT2D eigenvalue weighted by atomic mass is 10.1. The van der Waals surface area contributed by atoms with Gasteiger partial charge in [-0.2, -0.15) is 0 Å². The van der Waals surface area contributed by atoms with E-state index in [1.165, 1.54) is 0 Å². The van der Waals surface area contributed by atoms with Gasteiger partial charge >= 0.3 is 0 Å². The van der Waals surface area contributed by atoms with Crippen molar-refractivity contribution in [3.05, 3.63) is 58.5 Å². The normalized spacial score (nSPS) is 10.8. The van der Waals surface area contributed by atoms with Gasteiger partial charge in [0.25, 0.3) is 5.91 Å². The number of nitrogens with one attached hydrogen (secondary N) is 1. The first-order valence-electron chi connectivity index (χ1n) is 10.1. The highest BCUT2D eigenvalue weighted by Gasteiger charge is 2.18. The summed E-state index contributed by atoms with van der Waals surface area (Å²) in [6.07, 6.45) is 9.00. The summed E-state index contributed by atoms with van der Waals surface area (Å²) in [6, 6.07) is 7.61. The van der Waals surface area contributed by atoms with E-state index in [1.54, 1.807) is 25.7 Å². The number of fused-ring (bicyclic) bond motifs is 1. The van der Waals surface area contributed by atoms with E-state index in [0.717, 1.165) is 36.6 Å². The Hall–Kier alpha value is -2.67. The average Bonchev–Trinajstić information content (AvgIpc) is 2.77. The summed E-state index contributed by atoms with van der Waals surface area (Å²) >= 11 is 3.59. The predicted octanol–water partition coefficient (Wildman–Crippen LogP) is 4.94. The summed E-state index contributed by atoms with van der Waals surface area (Å²) < 4.78 is 12.1. The molecule has 0 bridgehead atoms. The van der Waals surface area contributed by atoms with Crippen LogP contribution in [0, 0.1) is 0 Å². The number of unbranched alkanes of at least 4 members (excludes halogenated alkanes) is 2. The Morgan fingerprint density at radius 1 is 1.17 bits per heavy atom. The van der Waals surface area contributed by atoms with E-state index in [9.17, 15) is 4.79 Å². The van der Waals surface area contributed by atoms with Gasteiger partial charge in [-0.05, 0) is 58.6 Å². The Bertz CT molecular complexity index is 996. The first-order valence-corrected chi connectivity index (χ1v) is 10.9. The van der Waals surface area contributed by atoms with Gasteiger partial charge in [0.2, 0.25) is 0 Å². The first-order chi connectivity index (χ1) is 14.7. The quantitative estimate of drug-likeness (QED) is 0.423. The van der Waals surface area contributed by atoms with E-state index >= 15 is 0 Å². The van der Waals surface area contributed by atoms with Gasteiger partial charge in [0.05, 0.1) is 19.3 Å². The number of ether oxygens (including phenoxy) is 2. The lowest BCUT2D eigenvalue weighted by Gasteiger charge is -2.15. The zero-order chi connectivity index (χ0) is 21.3. The number of hydrogen-bond donors (Lipinski definition) is 1. The predicted molar refractivity (Wildman–Crippen MR) is 121 cm³/mol. The van der Waals surface area contributed by atoms with Crippen molar-refractivity contribution in [3.8, 4) is 11.5 Å². The summed E-state index contributed by atoms with van der Waals surface area (Å²) in [5, 5.41) is 3.76. The Kier molecular flexibility index (Phi) is 8.02. The molecule has 1 N–H and O–H groups in total. The van der Waals surface area contributed by atoms with Crippen molar-refractivity contribution in [2.24, 2.45) is 0 Å². The van der Waals surface area contributed by atoms with E-state index in [0.29, 0.717) is 40.2 Å². The molecule has 0 atom stereocenters. The largest absolute Gasteiger partial charge is 0.493 e. The maximum Gasteiger partial charge on any atom is 0.254 e. The number of halogens is 1. The minimum atomic E-state index is -0.174. The Labute approximate surface area is 185 Å². The maximum atomic E-state index is 12.7. The van der Waals surface area contributed by atoms with Gasteiger partial charge in [-0.1, -0.05) is 19.8 Å². The van der Waals surface area contributed by atoms with E-state index in [4.69, 9.17) is 9.47 Å². The number of nitrogens with zero attached hydrogens (tertiary/aromatic N) is 2. The van der Waals surface area contributed by atoms with Crippen molar-refractivity contribution in [1.29, 1.82) is 0 Å². The fourth-order valence-corrected chi connectivity index (χ4v) is 3.74. The first kappa shape index (κ1) is 22.0. The summed E-state index contributed by atoms with van der Waals surface area (Å²) in [5.41, 5.74) is 2.28. The molecular weight excluding hydrogens is 446 g/mol. The van der Waals surface area contributed by atoms with Gasteiger partial charge in [0.1, 0.15) is 5.52 Å². The molecule has 0 aliphatic rings. The molecule has 0 aliphatic carbocycles. The molecule has 7 heteroatoms. The van der Waals surface area contributed by atoms with Crippen LogP contribution in [0.1, 0.15) is 42.1 Å². The van der Waals surface area contributed by atoms with Gasteiger partial charge in [-0.25, -0.2) is 0 Å². The van der Waals surface area contributed by atoms with E-state index in [-0.39, 0.29) is 5.91 Å². The second-order valence-corrected chi connectivity index (χ2v) is 7.69. The highest BCUT2D eigenvalue weighted by molar-refractivity contribution is 9.10. The molecule has 0 saturated heterocycles. The third-order valence-electron chi connectivity index (χ3n) is 4.80. The lowest BCUT2D eigenvalue weighted by molar-refractivity contribution is 0.0953. The minimum Gasteiger partial charge on any atom is -0.493 e. The molecule has 2 aromatic heterocycles. The van der Waals surface area contributed by atoms with Gasteiger partial charge in [0.15, 0.2) is 11.5 Å². The zero-order valence-corrected chi connectivity index (χ0v) is 18.9. The lowest BCUT2D eigenvalue weighted by Crippen LogP contribution is -2.26. The van der Waals surface area contributed by atoms with Gasteiger partial charge in [-0.15, -0.1) is 0 Å². The molecule has 30 heavy (non-hydrogen) atoms. The van der Waals surface area contributed by atoms with Crippen LogP contribution in [0.2, 0.25) is 0 Å². The van der Waals surface area contributed by atoms with Crippen LogP contribution in [-0.4, -0.2) is 36.1 Å². The number of amides is 1. The number of rotatable bonds is 10. The topological polar surface area (TPSA) is 73.3 Å². The van der Waals surface area contributed by atoms with Crippen molar-refractivity contribution < 1.29 is 14.3 Å². The maximum absolute atomic E-state index is 12.7. The molecule has 0 saturated carbocycles. The molecule has 3 aromatic rings. The van der Waals surface area contributed by atoms with Crippen LogP contribution in [0.25, 0.3) is 10.9 Å². The van der Waals surface area contributed by atoms with Crippen LogP contribution >= 0.6 is 15.9 Å². The van der Waals surface area contributed by atoms with Gasteiger partial charge in [0, 0.05) is 35.0 Å². The summed E-state index contributed by atoms with van der Waals surface area (Å²) in [4.78, 5) is 21.2. The SMILES string of the molecule is CCCCCOc1c(OC)ccc2c(Br)c(C(=O)NCCc3ccncc3)cnc12. The number of aromatic nitrogens is 2. The number of benzene rings is 1. The van der Waals surface area contributed by atoms with E-state index in [2.05, 4.69) is 38.1 Å². The highest BCUT2D eigenvalue weighted by Crippen LogP contribution is 2.38. The van der Waals surface area contributed by atoms with Crippen molar-refractivity contribution in [2.75, 3.05) is 20.3 Å². The van der Waals surface area contributed by atoms with Crippen molar-refractivity contribution in [2.45, 2.75) is 32.6 Å². The second kappa shape index (κ2) is 10.9. The van der Waals surface area contributed by atoms with Crippen molar-refractivity contribution in [1.82, 2.24) is 15.3 Å². The van der Waals surface area contributed by atoms with Crippen LogP contribution in [0.4, 0.5) is 0 Å². The Morgan fingerprint density at radius 2 is 1.97 bits per heavy atom. The molecule has 3 rings (SSSR count). The standard InChI is InChI=1S/C23H26BrN3O3/c1-3-4-5-14-30-22-19(29-2)7-6-17-20(24)18(15-27-21(17)22)23(28)26-13-10-16-8-11-25-12-9-16/h6-9,11-12,15H,3-5,10,13-14H2,1-2H3,(H,26,28). The molecule has 0 spiro atoms. The van der Waals surface area contributed by atoms with Crippen LogP contribution in [-0.2, 0) is 6.42 Å². The molecule has 6 nitrogen and oxygen atoms in total. The zero-order valence-electron chi connectivity index (χ0n) is 17.3. The molecule has 158 valence electrons. The van der Waals surface area contributed by atoms with Crippen LogP contribution < -0.4 is 14.8 Å². The molecule has 2 heterocycles. The third kappa shape index (κ3) is 5.27. The monoisotopic (exact) mass is 471 g/mol. The van der Waals surface area contributed by atoms with Crippen molar-refractivity contribution in [3.63, 3.8) is 0 Å². The van der Waals surface area contributed by atoms with Gasteiger partial charge in [-0.3, -0.25) is 14.8 Å². The minimum absolute atomic E-state index is 0.174. The molecular formula is C23H26BrN3O3. The second-order valence-electron chi connectivity index (χ2n) is 6.90. The van der Waals surface area contributed by atoms with Crippen LogP contribution in [0.15, 0.2) is 47.3 Å². The number of pyridine rings is 2. The Morgan fingerprint density at radius 3 is 2.70 bits per heavy atom. The number of carbonyl (C=O) groups is 1. The highest BCUT2D eigenvalue weighted by atomic mass is 79.9. The number of carbonyl (C=O) groups excluding carboxylic acids is 1. The summed E-state index contributed by atoms with van der Waals surface area (Å²) in [5.74, 6) is 1.07. The Balaban J connectivity index is 1.78. The third-order valence-corrected chi connectivity index (χ3v) is 5.65. The van der Waals surface area contributed by atoms with Crippen LogP contribution in [0.5, 0.6) is 11.5 Å². The fraction of sp³-hybridized carbons (Fsp3) is 0.348. The van der Waals surface area contributed by atoms with Gasteiger partial charge < -0.3 is 14.8 Å². The molecule has 0 radical (unpaired) electrons.